The van der Waals surface area contributed by atoms with E-state index in [1.165, 1.54) is 0 Å². The van der Waals surface area contributed by atoms with E-state index in [0.29, 0.717) is 13.0 Å². The Kier molecular flexibility index (Phi) is 6.14. The van der Waals surface area contributed by atoms with Crippen molar-refractivity contribution in [1.82, 2.24) is 14.6 Å². The van der Waals surface area contributed by atoms with E-state index >= 15 is 0 Å². The fourth-order valence-corrected chi connectivity index (χ4v) is 4.65. The molecule has 1 N–H and O–H groups in total. The third-order valence-corrected chi connectivity index (χ3v) is 5.97. The third-order valence-electron chi connectivity index (χ3n) is 4.06. The van der Waals surface area contributed by atoms with Gasteiger partial charge in [-0.05, 0) is 57.0 Å². The Balaban J connectivity index is 1.98. The molecule has 0 aromatic carbocycles. The summed E-state index contributed by atoms with van der Waals surface area (Å²) in [5.41, 5.74) is 1.03. The molecule has 0 amide bonds. The van der Waals surface area contributed by atoms with E-state index in [9.17, 15) is 8.42 Å². The zero-order valence-corrected chi connectivity index (χ0v) is 13.5. The minimum absolute atomic E-state index is 0.161. The Morgan fingerprint density at radius 1 is 1.33 bits per heavy atom. The molecule has 5 nitrogen and oxygen atoms in total. The molecule has 0 saturated carbocycles. The zero-order chi connectivity index (χ0) is 15.1. The summed E-state index contributed by atoms with van der Waals surface area (Å²) in [6, 6.07) is 3.92. The highest BCUT2D eigenvalue weighted by Crippen LogP contribution is 2.23. The summed E-state index contributed by atoms with van der Waals surface area (Å²) in [7, 11) is -1.27. The molecule has 2 rings (SSSR count). The molecule has 1 unspecified atom stereocenters. The lowest BCUT2D eigenvalue weighted by atomic mass is 10.0. The molecule has 0 aliphatic carbocycles. The first-order valence-electron chi connectivity index (χ1n) is 7.66. The van der Waals surface area contributed by atoms with Crippen molar-refractivity contribution in [1.29, 1.82) is 0 Å². The topological polar surface area (TPSA) is 62.3 Å². The second kappa shape index (κ2) is 7.87. The van der Waals surface area contributed by atoms with Crippen LogP contribution in [0.3, 0.4) is 0 Å². The SMILES string of the molecule is CNCCC1CCCCN1S(=O)(=O)CCc1ccncc1. The second-order valence-corrected chi connectivity index (χ2v) is 7.62. The molecule has 1 saturated heterocycles. The molecule has 1 aromatic rings. The maximum Gasteiger partial charge on any atom is 0.214 e. The van der Waals surface area contributed by atoms with Gasteiger partial charge in [0, 0.05) is 25.0 Å². The number of aromatic nitrogens is 1. The second-order valence-electron chi connectivity index (χ2n) is 5.57. The van der Waals surface area contributed by atoms with Gasteiger partial charge in [0.05, 0.1) is 5.75 Å². The van der Waals surface area contributed by atoms with Gasteiger partial charge in [0.25, 0.3) is 0 Å². The number of nitrogens with zero attached hydrogens (tertiary/aromatic N) is 2. The molecule has 6 heteroatoms. The maximum atomic E-state index is 12.6. The third kappa shape index (κ3) is 4.76. The number of hydrogen-bond acceptors (Lipinski definition) is 4. The van der Waals surface area contributed by atoms with Crippen LogP contribution in [0.5, 0.6) is 0 Å². The summed E-state index contributed by atoms with van der Waals surface area (Å²) in [6.45, 7) is 1.54. The highest BCUT2D eigenvalue weighted by molar-refractivity contribution is 7.89. The summed E-state index contributed by atoms with van der Waals surface area (Å²) in [4.78, 5) is 3.96. The van der Waals surface area contributed by atoms with Crippen molar-refractivity contribution in [2.45, 2.75) is 38.1 Å². The number of piperidine rings is 1. The first-order chi connectivity index (χ1) is 10.1. The number of pyridine rings is 1. The Morgan fingerprint density at radius 3 is 2.81 bits per heavy atom. The summed E-state index contributed by atoms with van der Waals surface area (Å²) in [5, 5.41) is 3.12. The minimum Gasteiger partial charge on any atom is -0.320 e. The molecule has 1 fully saturated rings. The predicted octanol–water partition coefficient (Wildman–Crippen LogP) is 1.42. The number of nitrogens with one attached hydrogen (secondary N) is 1. The van der Waals surface area contributed by atoms with Gasteiger partial charge in [0.2, 0.25) is 10.0 Å². The van der Waals surface area contributed by atoms with Gasteiger partial charge >= 0.3 is 0 Å². The monoisotopic (exact) mass is 311 g/mol. The molecule has 21 heavy (non-hydrogen) atoms. The highest BCUT2D eigenvalue weighted by atomic mass is 32.2. The van der Waals surface area contributed by atoms with Gasteiger partial charge in [-0.2, -0.15) is 4.31 Å². The average Bonchev–Trinajstić information content (AvgIpc) is 2.52. The number of sulfonamides is 1. The zero-order valence-electron chi connectivity index (χ0n) is 12.7. The van der Waals surface area contributed by atoms with Crippen molar-refractivity contribution in [3.8, 4) is 0 Å². The van der Waals surface area contributed by atoms with Gasteiger partial charge < -0.3 is 5.32 Å². The van der Waals surface area contributed by atoms with E-state index in [1.807, 2.05) is 19.2 Å². The first-order valence-corrected chi connectivity index (χ1v) is 9.27. The van der Waals surface area contributed by atoms with Crippen LogP contribution in [0.15, 0.2) is 24.5 Å². The summed E-state index contributed by atoms with van der Waals surface area (Å²) in [5.74, 6) is 0.188. The van der Waals surface area contributed by atoms with Crippen molar-refractivity contribution in [3.63, 3.8) is 0 Å². The lowest BCUT2D eigenvalue weighted by molar-refractivity contribution is 0.240. The molecular formula is C15H25N3O2S. The molecule has 0 bridgehead atoms. The molecule has 1 aliphatic rings. The van der Waals surface area contributed by atoms with Gasteiger partial charge in [0.15, 0.2) is 0 Å². The highest BCUT2D eigenvalue weighted by Gasteiger charge is 2.31. The Labute approximate surface area is 127 Å². The Bertz CT molecular complexity index is 519. The summed E-state index contributed by atoms with van der Waals surface area (Å²) < 4.78 is 27.0. The van der Waals surface area contributed by atoms with Crippen LogP contribution in [-0.2, 0) is 16.4 Å². The van der Waals surface area contributed by atoms with E-state index < -0.39 is 10.0 Å². The van der Waals surface area contributed by atoms with Crippen LogP contribution >= 0.6 is 0 Å². The Hall–Kier alpha value is -0.980. The fourth-order valence-electron chi connectivity index (χ4n) is 2.85. The predicted molar refractivity (Wildman–Crippen MR) is 84.6 cm³/mol. The fraction of sp³-hybridized carbons (Fsp3) is 0.667. The van der Waals surface area contributed by atoms with Crippen LogP contribution in [0.4, 0.5) is 0 Å². The van der Waals surface area contributed by atoms with E-state index in [-0.39, 0.29) is 11.8 Å². The average molecular weight is 311 g/mol. The van der Waals surface area contributed by atoms with Gasteiger partial charge in [-0.25, -0.2) is 8.42 Å². The number of aryl methyl sites for hydroxylation is 1. The van der Waals surface area contributed by atoms with E-state index in [0.717, 1.165) is 37.8 Å². The lowest BCUT2D eigenvalue weighted by Gasteiger charge is -2.34. The van der Waals surface area contributed by atoms with Crippen LogP contribution in [0, 0.1) is 0 Å². The summed E-state index contributed by atoms with van der Waals surface area (Å²) >= 11 is 0. The molecule has 1 aliphatic heterocycles. The quantitative estimate of drug-likeness (QED) is 0.827. The minimum atomic E-state index is -3.18. The number of rotatable bonds is 7. The normalized spacial score (nSPS) is 20.5. The van der Waals surface area contributed by atoms with Gasteiger partial charge in [0.1, 0.15) is 0 Å². The first kappa shape index (κ1) is 16.4. The lowest BCUT2D eigenvalue weighted by Crippen LogP contribution is -2.45. The summed E-state index contributed by atoms with van der Waals surface area (Å²) in [6.07, 6.45) is 7.95. The standard InChI is InChI=1S/C15H25N3O2S/c1-16-9-7-15-4-2-3-12-18(15)21(19,20)13-8-14-5-10-17-11-6-14/h5-6,10-11,15-16H,2-4,7-9,12-13H2,1H3. The van der Waals surface area contributed by atoms with E-state index in [2.05, 4.69) is 10.3 Å². The molecule has 118 valence electrons. The van der Waals surface area contributed by atoms with Crippen molar-refractivity contribution in [2.75, 3.05) is 25.9 Å². The van der Waals surface area contributed by atoms with Gasteiger partial charge in [-0.3, -0.25) is 4.98 Å². The van der Waals surface area contributed by atoms with Crippen molar-refractivity contribution >= 4 is 10.0 Å². The largest absolute Gasteiger partial charge is 0.320 e. The molecule has 2 heterocycles. The van der Waals surface area contributed by atoms with Crippen LogP contribution in [0.2, 0.25) is 0 Å². The molecule has 0 spiro atoms. The maximum absolute atomic E-state index is 12.6. The van der Waals surface area contributed by atoms with Crippen molar-refractivity contribution < 1.29 is 8.42 Å². The van der Waals surface area contributed by atoms with Crippen LogP contribution in [0.25, 0.3) is 0 Å². The van der Waals surface area contributed by atoms with Crippen LogP contribution in [-0.4, -0.2) is 49.6 Å². The van der Waals surface area contributed by atoms with Crippen LogP contribution in [0.1, 0.15) is 31.2 Å². The van der Waals surface area contributed by atoms with Gasteiger partial charge in [-0.1, -0.05) is 6.42 Å². The number of hydrogen-bond donors (Lipinski definition) is 1. The van der Waals surface area contributed by atoms with Crippen molar-refractivity contribution in [3.05, 3.63) is 30.1 Å². The molecule has 0 radical (unpaired) electrons. The van der Waals surface area contributed by atoms with E-state index in [4.69, 9.17) is 0 Å². The van der Waals surface area contributed by atoms with Crippen molar-refractivity contribution in [2.24, 2.45) is 0 Å². The van der Waals surface area contributed by atoms with Gasteiger partial charge in [-0.15, -0.1) is 0 Å². The molecule has 1 atom stereocenters. The molecular weight excluding hydrogens is 286 g/mol. The molecule has 1 aromatic heterocycles. The smallest absolute Gasteiger partial charge is 0.214 e. The van der Waals surface area contributed by atoms with Crippen LogP contribution < -0.4 is 5.32 Å². The Morgan fingerprint density at radius 2 is 2.10 bits per heavy atom. The van der Waals surface area contributed by atoms with E-state index in [1.54, 1.807) is 16.7 Å².